The highest BCUT2D eigenvalue weighted by molar-refractivity contribution is 5.99. The number of ether oxygens (including phenoxy) is 3. The average Bonchev–Trinajstić information content (AvgIpc) is 3.37. The number of rotatable bonds is 6. The predicted molar refractivity (Wildman–Crippen MR) is 121 cm³/mol. The fraction of sp³-hybridized carbons (Fsp3) is 0.240. The van der Waals surface area contributed by atoms with Gasteiger partial charge in [0.25, 0.3) is 0 Å². The van der Waals surface area contributed by atoms with E-state index in [1.54, 1.807) is 18.6 Å². The van der Waals surface area contributed by atoms with Crippen LogP contribution in [0.3, 0.4) is 0 Å². The van der Waals surface area contributed by atoms with Crippen LogP contribution < -0.4 is 9.47 Å². The number of aryl methyl sites for hydroxylation is 1. The lowest BCUT2D eigenvalue weighted by Gasteiger charge is -2.20. The number of aromatic amines is 1. The van der Waals surface area contributed by atoms with Crippen LogP contribution in [0.5, 0.6) is 11.5 Å². The summed E-state index contributed by atoms with van der Waals surface area (Å²) >= 11 is 0. The van der Waals surface area contributed by atoms with Crippen LogP contribution >= 0.6 is 0 Å². The second kappa shape index (κ2) is 8.46. The molecule has 0 unspecified atom stereocenters. The van der Waals surface area contributed by atoms with E-state index >= 15 is 0 Å². The van der Waals surface area contributed by atoms with Gasteiger partial charge in [-0.25, -0.2) is 0 Å². The van der Waals surface area contributed by atoms with E-state index in [9.17, 15) is 9.59 Å². The lowest BCUT2D eigenvalue weighted by molar-refractivity contribution is -0.141. The number of pyridine rings is 1. The molecule has 1 N–H and O–H groups in total. The molecule has 33 heavy (non-hydrogen) atoms. The van der Waals surface area contributed by atoms with E-state index < -0.39 is 5.97 Å². The Kier molecular flexibility index (Phi) is 5.34. The summed E-state index contributed by atoms with van der Waals surface area (Å²) in [7, 11) is 0. The van der Waals surface area contributed by atoms with Crippen LogP contribution in [-0.2, 0) is 16.0 Å². The Bertz CT molecular complexity index is 1370. The minimum absolute atomic E-state index is 0.0769. The number of nitrogens with one attached hydrogen (secondary N) is 1. The third kappa shape index (κ3) is 3.95. The van der Waals surface area contributed by atoms with Gasteiger partial charge < -0.3 is 23.8 Å². The average molecular weight is 445 g/mol. The quantitative estimate of drug-likeness (QED) is 0.359. The first-order chi connectivity index (χ1) is 16.0. The molecule has 8 nitrogen and oxygen atoms in total. The van der Waals surface area contributed by atoms with Crippen molar-refractivity contribution in [3.63, 3.8) is 0 Å². The molecule has 8 heteroatoms. The van der Waals surface area contributed by atoms with E-state index in [1.165, 1.54) is 0 Å². The Hall–Kier alpha value is -4.07. The van der Waals surface area contributed by atoms with E-state index in [0.29, 0.717) is 30.3 Å². The molecule has 0 spiro atoms. The smallest absolute Gasteiger partial charge is 0.310 e. The maximum atomic E-state index is 12.9. The van der Waals surface area contributed by atoms with Gasteiger partial charge in [-0.1, -0.05) is 0 Å². The topological polar surface area (TPSA) is 95.4 Å². The number of hydrogen-bond donors (Lipinski definition) is 1. The molecule has 0 atom stereocenters. The minimum Gasteiger partial charge on any atom is -0.486 e. The molecular weight excluding hydrogens is 422 g/mol. The van der Waals surface area contributed by atoms with Gasteiger partial charge in [0, 0.05) is 46.5 Å². The Morgan fingerprint density at radius 3 is 2.79 bits per heavy atom. The van der Waals surface area contributed by atoms with Gasteiger partial charge in [0.2, 0.25) is 5.78 Å². The minimum atomic E-state index is -0.457. The summed E-state index contributed by atoms with van der Waals surface area (Å²) in [5.41, 5.74) is 4.72. The van der Waals surface area contributed by atoms with Gasteiger partial charge in [-0.15, -0.1) is 0 Å². The number of carbonyl (C=O) groups excluding carboxylic acids is 2. The first-order valence-electron chi connectivity index (χ1n) is 10.7. The number of aromatic nitrogens is 3. The van der Waals surface area contributed by atoms with Gasteiger partial charge in [-0.3, -0.25) is 14.6 Å². The number of nitrogens with zero attached hydrogens (tertiary/aromatic N) is 2. The van der Waals surface area contributed by atoms with Crippen LogP contribution in [0.25, 0.3) is 16.6 Å². The van der Waals surface area contributed by atoms with Gasteiger partial charge >= 0.3 is 5.97 Å². The molecule has 0 bridgehead atoms. The molecule has 3 aromatic heterocycles. The summed E-state index contributed by atoms with van der Waals surface area (Å²) < 4.78 is 18.6. The van der Waals surface area contributed by atoms with Crippen LogP contribution in [0.15, 0.2) is 48.9 Å². The van der Waals surface area contributed by atoms with Crippen molar-refractivity contribution in [2.24, 2.45) is 0 Å². The molecular formula is C25H23N3O5. The zero-order chi connectivity index (χ0) is 22.9. The zero-order valence-electron chi connectivity index (χ0n) is 18.4. The summed E-state index contributed by atoms with van der Waals surface area (Å²) in [6.07, 6.45) is 5.21. The second-order valence-corrected chi connectivity index (χ2v) is 7.94. The first-order valence-corrected chi connectivity index (χ1v) is 10.7. The molecule has 4 aromatic rings. The number of H-pyrrole nitrogens is 1. The van der Waals surface area contributed by atoms with E-state index in [1.807, 2.05) is 48.7 Å². The van der Waals surface area contributed by atoms with Crippen molar-refractivity contribution in [1.82, 2.24) is 14.5 Å². The van der Waals surface area contributed by atoms with Gasteiger partial charge in [-0.2, -0.15) is 0 Å². The van der Waals surface area contributed by atoms with Gasteiger partial charge in [-0.05, 0) is 43.7 Å². The van der Waals surface area contributed by atoms with Crippen LogP contribution in [0.4, 0.5) is 0 Å². The summed E-state index contributed by atoms with van der Waals surface area (Å²) in [6.45, 7) is 4.53. The molecule has 4 heterocycles. The fourth-order valence-corrected chi connectivity index (χ4v) is 4.22. The van der Waals surface area contributed by atoms with Crippen molar-refractivity contribution in [3.05, 3.63) is 71.4 Å². The monoisotopic (exact) mass is 445 g/mol. The number of fused-ring (bicyclic) bond motifs is 2. The molecule has 0 saturated carbocycles. The maximum Gasteiger partial charge on any atom is 0.310 e. The van der Waals surface area contributed by atoms with E-state index in [-0.39, 0.29) is 18.8 Å². The highest BCUT2D eigenvalue weighted by Crippen LogP contribution is 2.33. The molecule has 1 aliphatic rings. The molecule has 0 fully saturated rings. The predicted octanol–water partition coefficient (Wildman–Crippen LogP) is 3.71. The summed E-state index contributed by atoms with van der Waals surface area (Å²) in [5, 5.41) is 0.913. The number of benzene rings is 1. The summed E-state index contributed by atoms with van der Waals surface area (Å²) in [6, 6.07) is 9.35. The lowest BCUT2D eigenvalue weighted by Crippen LogP contribution is -2.16. The maximum absolute atomic E-state index is 12.9. The van der Waals surface area contributed by atoms with Crippen molar-refractivity contribution in [2.45, 2.75) is 20.3 Å². The standard InChI is InChI=1S/C25H23N3O5/c1-15-9-20(16(2)28(15)18-3-4-23-24(11-18)32-8-7-31-23)22(29)14-33-25(30)10-17-12-27-21-13-26-6-5-19(17)21/h3-6,9,11-13,27H,7-8,10,14H2,1-2H3. The molecule has 1 aromatic carbocycles. The van der Waals surface area contributed by atoms with Crippen molar-refractivity contribution in [3.8, 4) is 17.2 Å². The first kappa shape index (κ1) is 20.8. The molecule has 1 aliphatic heterocycles. The third-order valence-electron chi connectivity index (χ3n) is 5.78. The number of Topliss-reactive ketones (excluding diaryl/α,β-unsaturated/α-hetero) is 1. The van der Waals surface area contributed by atoms with Gasteiger partial charge in [0.1, 0.15) is 13.2 Å². The van der Waals surface area contributed by atoms with Crippen LogP contribution in [0.2, 0.25) is 0 Å². The largest absolute Gasteiger partial charge is 0.486 e. The van der Waals surface area contributed by atoms with Crippen molar-refractivity contribution >= 4 is 22.7 Å². The lowest BCUT2D eigenvalue weighted by atomic mass is 10.1. The highest BCUT2D eigenvalue weighted by Gasteiger charge is 2.20. The molecule has 0 amide bonds. The molecule has 5 rings (SSSR count). The van der Waals surface area contributed by atoms with Crippen molar-refractivity contribution in [1.29, 1.82) is 0 Å². The molecule has 0 radical (unpaired) electrons. The highest BCUT2D eigenvalue weighted by atomic mass is 16.6. The van der Waals surface area contributed by atoms with Crippen LogP contribution in [-0.4, -0.2) is 46.1 Å². The van der Waals surface area contributed by atoms with Gasteiger partial charge in [0.05, 0.1) is 18.1 Å². The molecule has 0 saturated heterocycles. The molecule has 168 valence electrons. The summed E-state index contributed by atoms with van der Waals surface area (Å²) in [5.74, 6) is 0.688. The Balaban J connectivity index is 1.29. The van der Waals surface area contributed by atoms with E-state index in [0.717, 1.165) is 33.5 Å². The number of esters is 1. The van der Waals surface area contributed by atoms with Crippen molar-refractivity contribution < 1.29 is 23.8 Å². The summed E-state index contributed by atoms with van der Waals surface area (Å²) in [4.78, 5) is 32.4. The Morgan fingerprint density at radius 2 is 1.94 bits per heavy atom. The fourth-order valence-electron chi connectivity index (χ4n) is 4.22. The number of hydrogen-bond acceptors (Lipinski definition) is 6. The SMILES string of the molecule is Cc1cc(C(=O)COC(=O)Cc2c[nH]c3cnccc23)c(C)n1-c1ccc2c(c1)OCCO2. The normalized spacial score (nSPS) is 12.7. The number of ketones is 1. The third-order valence-corrected chi connectivity index (χ3v) is 5.78. The van der Waals surface area contributed by atoms with E-state index in [2.05, 4.69) is 9.97 Å². The van der Waals surface area contributed by atoms with Crippen LogP contribution in [0.1, 0.15) is 27.3 Å². The zero-order valence-corrected chi connectivity index (χ0v) is 18.4. The van der Waals surface area contributed by atoms with E-state index in [4.69, 9.17) is 14.2 Å². The Labute approximate surface area is 190 Å². The van der Waals surface area contributed by atoms with Crippen LogP contribution in [0, 0.1) is 13.8 Å². The van der Waals surface area contributed by atoms with Crippen molar-refractivity contribution in [2.75, 3.05) is 19.8 Å². The number of carbonyl (C=O) groups is 2. The second-order valence-electron chi connectivity index (χ2n) is 7.94. The van der Waals surface area contributed by atoms with Gasteiger partial charge in [0.15, 0.2) is 18.1 Å². The Morgan fingerprint density at radius 1 is 1.12 bits per heavy atom. The molecule has 0 aliphatic carbocycles.